The number of carbonyl (C=O) groups excluding carboxylic acids is 2. The molecule has 0 bridgehead atoms. The summed E-state index contributed by atoms with van der Waals surface area (Å²) in [6.45, 7) is 12.0. The van der Waals surface area contributed by atoms with Crippen molar-refractivity contribution in [3.63, 3.8) is 0 Å². The largest absolute Gasteiger partial charge is 0.462 e. The molecule has 1 N–H and O–H groups in total. The van der Waals surface area contributed by atoms with E-state index < -0.39 is 21.8 Å². The highest BCUT2D eigenvalue weighted by Crippen LogP contribution is 1.94. The number of ether oxygens (including phenoxy) is 2. The molecule has 0 aliphatic rings. The van der Waals surface area contributed by atoms with Crippen molar-refractivity contribution in [2.45, 2.75) is 33.6 Å². The number of rotatable bonds is 8. The fourth-order valence-electron chi connectivity index (χ4n) is 0.795. The fraction of sp³-hybridized carbons (Fsp3) is 0.571. The van der Waals surface area contributed by atoms with Gasteiger partial charge < -0.3 is 9.47 Å². The van der Waals surface area contributed by atoms with Gasteiger partial charge in [0.15, 0.2) is 0 Å². The minimum atomic E-state index is -4.05. The Labute approximate surface area is 131 Å². The van der Waals surface area contributed by atoms with E-state index in [9.17, 15) is 18.0 Å². The molecule has 0 aromatic carbocycles. The van der Waals surface area contributed by atoms with Crippen molar-refractivity contribution >= 4 is 22.1 Å². The highest BCUT2D eigenvalue weighted by molar-refractivity contribution is 7.85. The fourth-order valence-corrected chi connectivity index (χ4v) is 1.09. The van der Waals surface area contributed by atoms with Crippen LogP contribution < -0.4 is 0 Å². The molecule has 0 heterocycles. The maximum absolute atomic E-state index is 10.7. The number of carbonyl (C=O) groups is 2. The smallest absolute Gasteiger partial charge is 0.333 e. The Kier molecular flexibility index (Phi) is 12.3. The standard InChI is InChI=1S/C8H14O2.C6H10O5S/c1-4-5-6-10-8(9)7(2)3;1-5(2)6(7)11-3-4-12(8,9)10/h2,4-6H2,1,3H3;1,3-4H2,2H3,(H,8,9,10). The van der Waals surface area contributed by atoms with Crippen molar-refractivity contribution in [2.75, 3.05) is 19.0 Å². The second-order valence-corrected chi connectivity index (χ2v) is 6.04. The third-order valence-corrected chi connectivity index (χ3v) is 2.68. The normalized spacial score (nSPS) is 10.0. The van der Waals surface area contributed by atoms with E-state index >= 15 is 0 Å². The Morgan fingerprint density at radius 3 is 1.73 bits per heavy atom. The maximum atomic E-state index is 10.7. The Hall–Kier alpha value is -1.67. The first-order chi connectivity index (χ1) is 10.0. The highest BCUT2D eigenvalue weighted by atomic mass is 32.2. The first-order valence-corrected chi connectivity index (χ1v) is 8.22. The molecule has 0 unspecified atom stereocenters. The van der Waals surface area contributed by atoms with Crippen LogP contribution >= 0.6 is 0 Å². The summed E-state index contributed by atoms with van der Waals surface area (Å²) in [5.41, 5.74) is 0.654. The van der Waals surface area contributed by atoms with Crippen molar-refractivity contribution in [3.05, 3.63) is 24.3 Å². The van der Waals surface area contributed by atoms with E-state index in [1.165, 1.54) is 6.92 Å². The predicted molar refractivity (Wildman–Crippen MR) is 82.9 cm³/mol. The minimum absolute atomic E-state index is 0.185. The molecule has 128 valence electrons. The Bertz CT molecular complexity index is 491. The average molecular weight is 336 g/mol. The Morgan fingerprint density at radius 1 is 1.00 bits per heavy atom. The predicted octanol–water partition coefficient (Wildman–Crippen LogP) is 1.90. The van der Waals surface area contributed by atoms with Crippen LogP contribution in [0.15, 0.2) is 24.3 Å². The van der Waals surface area contributed by atoms with E-state index in [2.05, 4.69) is 24.8 Å². The lowest BCUT2D eigenvalue weighted by Crippen LogP contribution is -2.14. The average Bonchev–Trinajstić information content (AvgIpc) is 2.37. The third kappa shape index (κ3) is 16.4. The van der Waals surface area contributed by atoms with Crippen LogP contribution in [-0.4, -0.2) is 43.9 Å². The molecule has 0 aliphatic heterocycles. The monoisotopic (exact) mass is 336 g/mol. The van der Waals surface area contributed by atoms with Gasteiger partial charge in [0.1, 0.15) is 12.4 Å². The molecular weight excluding hydrogens is 312 g/mol. The summed E-state index contributed by atoms with van der Waals surface area (Å²) >= 11 is 0. The van der Waals surface area contributed by atoms with Gasteiger partial charge in [-0.2, -0.15) is 8.42 Å². The molecule has 0 aliphatic carbocycles. The number of hydrogen-bond acceptors (Lipinski definition) is 6. The lowest BCUT2D eigenvalue weighted by atomic mass is 10.3. The molecular formula is C14H24O7S. The molecule has 0 saturated carbocycles. The minimum Gasteiger partial charge on any atom is -0.462 e. The number of hydrogen-bond donors (Lipinski definition) is 1. The summed E-state index contributed by atoms with van der Waals surface area (Å²) in [4.78, 5) is 21.3. The third-order valence-electron chi connectivity index (χ3n) is 2.00. The van der Waals surface area contributed by atoms with Gasteiger partial charge in [-0.25, -0.2) is 9.59 Å². The topological polar surface area (TPSA) is 107 Å². The summed E-state index contributed by atoms with van der Waals surface area (Å²) in [5, 5.41) is 0. The van der Waals surface area contributed by atoms with Gasteiger partial charge in [0.05, 0.1) is 6.61 Å². The summed E-state index contributed by atoms with van der Waals surface area (Å²) in [6.07, 6.45) is 1.97. The van der Waals surface area contributed by atoms with Crippen LogP contribution in [-0.2, 0) is 29.2 Å². The quantitative estimate of drug-likeness (QED) is 0.312. The van der Waals surface area contributed by atoms with Crippen LogP contribution in [0.2, 0.25) is 0 Å². The van der Waals surface area contributed by atoms with Gasteiger partial charge in [-0.05, 0) is 20.3 Å². The first-order valence-electron chi connectivity index (χ1n) is 6.61. The van der Waals surface area contributed by atoms with Crippen molar-refractivity contribution in [3.8, 4) is 0 Å². The molecule has 0 atom stereocenters. The molecule has 0 rings (SSSR count). The van der Waals surface area contributed by atoms with Gasteiger partial charge in [0.2, 0.25) is 0 Å². The molecule has 0 spiro atoms. The van der Waals surface area contributed by atoms with E-state index in [1.54, 1.807) is 6.92 Å². The van der Waals surface area contributed by atoms with Crippen LogP contribution in [0.1, 0.15) is 33.6 Å². The van der Waals surface area contributed by atoms with Crippen LogP contribution in [0.3, 0.4) is 0 Å². The summed E-state index contributed by atoms with van der Waals surface area (Å²) in [7, 11) is -4.05. The van der Waals surface area contributed by atoms with E-state index in [1.807, 2.05) is 0 Å². The van der Waals surface area contributed by atoms with E-state index in [0.29, 0.717) is 12.2 Å². The molecule has 0 amide bonds. The Morgan fingerprint density at radius 2 is 1.41 bits per heavy atom. The molecule has 7 nitrogen and oxygen atoms in total. The lowest BCUT2D eigenvalue weighted by Gasteiger charge is -2.01. The SMILES string of the molecule is C=C(C)C(=O)OCCCC.C=C(C)C(=O)OCCS(=O)(=O)O. The zero-order valence-electron chi connectivity index (χ0n) is 13.3. The second kappa shape index (κ2) is 11.9. The molecule has 0 radical (unpaired) electrons. The van der Waals surface area contributed by atoms with Crippen molar-refractivity contribution in [1.29, 1.82) is 0 Å². The van der Waals surface area contributed by atoms with Gasteiger partial charge >= 0.3 is 11.9 Å². The Balaban J connectivity index is 0. The van der Waals surface area contributed by atoms with Gasteiger partial charge in [-0.3, -0.25) is 4.55 Å². The molecule has 0 fully saturated rings. The molecule has 0 aromatic heterocycles. The van der Waals surface area contributed by atoms with E-state index in [4.69, 9.17) is 9.29 Å². The zero-order valence-corrected chi connectivity index (χ0v) is 14.1. The van der Waals surface area contributed by atoms with Gasteiger partial charge in [-0.1, -0.05) is 26.5 Å². The van der Waals surface area contributed by atoms with Crippen molar-refractivity contribution in [2.24, 2.45) is 0 Å². The van der Waals surface area contributed by atoms with Crippen LogP contribution in [0.4, 0.5) is 0 Å². The van der Waals surface area contributed by atoms with Crippen molar-refractivity contribution < 1.29 is 32.0 Å². The molecule has 8 heteroatoms. The van der Waals surface area contributed by atoms with Gasteiger partial charge in [0, 0.05) is 11.1 Å². The van der Waals surface area contributed by atoms with Gasteiger partial charge in [0.25, 0.3) is 10.1 Å². The highest BCUT2D eigenvalue weighted by Gasteiger charge is 2.07. The first kappa shape index (κ1) is 22.6. The summed E-state index contributed by atoms with van der Waals surface area (Å²) in [5.74, 6) is -1.54. The van der Waals surface area contributed by atoms with E-state index in [-0.39, 0.29) is 18.1 Å². The maximum Gasteiger partial charge on any atom is 0.333 e. The van der Waals surface area contributed by atoms with Gasteiger partial charge in [-0.15, -0.1) is 0 Å². The summed E-state index contributed by atoms with van der Waals surface area (Å²) in [6, 6.07) is 0. The molecule has 0 aromatic rings. The summed E-state index contributed by atoms with van der Waals surface area (Å²) < 4.78 is 37.7. The van der Waals surface area contributed by atoms with Crippen LogP contribution in [0, 0.1) is 0 Å². The van der Waals surface area contributed by atoms with Crippen molar-refractivity contribution in [1.82, 2.24) is 0 Å². The number of esters is 2. The molecule has 22 heavy (non-hydrogen) atoms. The zero-order chi connectivity index (χ0) is 17.8. The number of unbranched alkanes of at least 4 members (excludes halogenated alkanes) is 1. The van der Waals surface area contributed by atoms with Crippen LogP contribution in [0.5, 0.6) is 0 Å². The van der Waals surface area contributed by atoms with E-state index in [0.717, 1.165) is 12.8 Å². The second-order valence-electron chi connectivity index (χ2n) is 4.47. The lowest BCUT2D eigenvalue weighted by molar-refractivity contribution is -0.139. The molecule has 0 saturated heterocycles. The van der Waals surface area contributed by atoms with Crippen LogP contribution in [0.25, 0.3) is 0 Å².